The van der Waals surface area contributed by atoms with Gasteiger partial charge in [-0.3, -0.25) is 14.0 Å². The van der Waals surface area contributed by atoms with Gasteiger partial charge in [0, 0.05) is 38.4 Å². The number of benzene rings is 1. The molecule has 0 N–H and O–H groups in total. The number of amides is 3. The molecular formula is C33H43N5O6. The van der Waals surface area contributed by atoms with E-state index in [0.29, 0.717) is 49.8 Å². The Morgan fingerprint density at radius 3 is 2.39 bits per heavy atom. The predicted octanol–water partition coefficient (Wildman–Crippen LogP) is 4.25. The van der Waals surface area contributed by atoms with Crippen molar-refractivity contribution in [3.63, 3.8) is 0 Å². The molecule has 11 nitrogen and oxygen atoms in total. The molecule has 0 spiro atoms. The molecule has 4 heterocycles. The van der Waals surface area contributed by atoms with Crippen molar-refractivity contribution < 1.29 is 28.6 Å². The number of carbonyl (C=O) groups excluding carboxylic acids is 3. The van der Waals surface area contributed by atoms with Crippen LogP contribution in [0.4, 0.5) is 4.79 Å². The van der Waals surface area contributed by atoms with Gasteiger partial charge in [0.2, 0.25) is 5.91 Å². The number of pyridine rings is 1. The van der Waals surface area contributed by atoms with Crippen molar-refractivity contribution in [2.45, 2.75) is 65.3 Å². The molecule has 3 aromatic rings. The van der Waals surface area contributed by atoms with Gasteiger partial charge in [-0.25, -0.2) is 9.78 Å². The van der Waals surface area contributed by atoms with Crippen LogP contribution in [-0.2, 0) is 20.9 Å². The number of hydrogen-bond acceptors (Lipinski definition) is 7. The number of aromatic nitrogens is 2. The lowest BCUT2D eigenvalue weighted by molar-refractivity contribution is -0.142. The van der Waals surface area contributed by atoms with Crippen LogP contribution >= 0.6 is 0 Å². The van der Waals surface area contributed by atoms with Gasteiger partial charge in [-0.05, 0) is 65.3 Å². The summed E-state index contributed by atoms with van der Waals surface area (Å²) in [5.74, 6) is -0.117. The van der Waals surface area contributed by atoms with Crippen molar-refractivity contribution in [1.29, 1.82) is 0 Å². The van der Waals surface area contributed by atoms with Crippen molar-refractivity contribution in [3.05, 3.63) is 66.1 Å². The van der Waals surface area contributed by atoms with E-state index in [0.717, 1.165) is 0 Å². The van der Waals surface area contributed by atoms with E-state index in [1.54, 1.807) is 14.7 Å². The number of ether oxygens (including phenoxy) is 3. The van der Waals surface area contributed by atoms with E-state index in [1.807, 2.05) is 93.7 Å². The lowest BCUT2D eigenvalue weighted by Gasteiger charge is -2.44. The average molecular weight is 606 g/mol. The number of piperidine rings is 1. The Labute approximate surface area is 258 Å². The molecule has 2 aliphatic rings. The molecule has 2 fully saturated rings. The first-order chi connectivity index (χ1) is 21.0. The zero-order chi connectivity index (χ0) is 31.4. The Balaban J connectivity index is 1.47. The van der Waals surface area contributed by atoms with E-state index >= 15 is 0 Å². The van der Waals surface area contributed by atoms with E-state index in [1.165, 1.54) is 0 Å². The van der Waals surface area contributed by atoms with Gasteiger partial charge in [-0.1, -0.05) is 24.3 Å². The largest absolute Gasteiger partial charge is 0.487 e. The summed E-state index contributed by atoms with van der Waals surface area (Å²) >= 11 is 0. The molecule has 11 heteroatoms. The summed E-state index contributed by atoms with van der Waals surface area (Å²) in [4.78, 5) is 51.5. The summed E-state index contributed by atoms with van der Waals surface area (Å²) in [6, 6.07) is 14.4. The molecule has 1 aromatic carbocycles. The van der Waals surface area contributed by atoms with Gasteiger partial charge in [0.15, 0.2) is 5.69 Å². The van der Waals surface area contributed by atoms with Crippen LogP contribution in [0, 0.1) is 5.92 Å². The molecule has 2 aromatic heterocycles. The van der Waals surface area contributed by atoms with E-state index in [4.69, 9.17) is 19.2 Å². The van der Waals surface area contributed by atoms with Gasteiger partial charge in [0.1, 0.15) is 23.6 Å². The maximum Gasteiger partial charge on any atom is 0.410 e. The van der Waals surface area contributed by atoms with Crippen molar-refractivity contribution in [1.82, 2.24) is 24.1 Å². The van der Waals surface area contributed by atoms with E-state index in [9.17, 15) is 14.4 Å². The molecule has 0 bridgehead atoms. The van der Waals surface area contributed by atoms with Crippen molar-refractivity contribution >= 4 is 23.6 Å². The van der Waals surface area contributed by atoms with E-state index in [-0.39, 0.29) is 43.2 Å². The first kappa shape index (κ1) is 31.3. The topological polar surface area (TPSA) is 106 Å². The minimum absolute atomic E-state index is 0.0348. The third-order valence-corrected chi connectivity index (χ3v) is 7.89. The fourth-order valence-corrected chi connectivity index (χ4v) is 5.94. The highest BCUT2D eigenvalue weighted by atomic mass is 16.6. The lowest BCUT2D eigenvalue weighted by atomic mass is 9.91. The minimum Gasteiger partial charge on any atom is -0.487 e. The standard InChI is InChI=1S/C33H43N5O6/c1-23(2)38(31(40)29-27(22-43-26-11-7-6-8-12-26)37-14-10-9-13-28(37)34-29)25-19-24(30(39)35-15-17-42-18-16-35)20-36(21-25)32(41)44-33(3,4)5/h6-14,23-25H,15-22H2,1-5H3/t24-,25+/m1/s1. The Kier molecular flexibility index (Phi) is 9.43. The van der Waals surface area contributed by atoms with E-state index in [2.05, 4.69) is 0 Å². The van der Waals surface area contributed by atoms with Gasteiger partial charge in [-0.2, -0.15) is 0 Å². The lowest BCUT2D eigenvalue weighted by Crippen LogP contribution is -2.59. The average Bonchev–Trinajstić information content (AvgIpc) is 3.38. The molecule has 236 valence electrons. The smallest absolute Gasteiger partial charge is 0.410 e. The summed E-state index contributed by atoms with van der Waals surface area (Å²) < 4.78 is 19.1. The quantitative estimate of drug-likeness (QED) is 0.397. The van der Waals surface area contributed by atoms with E-state index < -0.39 is 23.7 Å². The van der Waals surface area contributed by atoms with Gasteiger partial charge in [-0.15, -0.1) is 0 Å². The second kappa shape index (κ2) is 13.3. The van der Waals surface area contributed by atoms with Gasteiger partial charge >= 0.3 is 6.09 Å². The highest BCUT2D eigenvalue weighted by molar-refractivity contribution is 5.95. The van der Waals surface area contributed by atoms with Crippen LogP contribution in [0.25, 0.3) is 5.65 Å². The number of fused-ring (bicyclic) bond motifs is 1. The summed E-state index contributed by atoms with van der Waals surface area (Å²) in [6.45, 7) is 11.9. The maximum atomic E-state index is 14.5. The number of likely N-dealkylation sites (tertiary alicyclic amines) is 1. The third-order valence-electron chi connectivity index (χ3n) is 7.89. The first-order valence-corrected chi connectivity index (χ1v) is 15.3. The maximum absolute atomic E-state index is 14.5. The number of hydrogen-bond donors (Lipinski definition) is 0. The summed E-state index contributed by atoms with van der Waals surface area (Å²) in [7, 11) is 0. The van der Waals surface area contributed by atoms with Crippen LogP contribution in [0.2, 0.25) is 0 Å². The second-order valence-corrected chi connectivity index (χ2v) is 12.7. The minimum atomic E-state index is -0.703. The molecular weight excluding hydrogens is 562 g/mol. The molecule has 44 heavy (non-hydrogen) atoms. The summed E-state index contributed by atoms with van der Waals surface area (Å²) in [5, 5.41) is 0. The molecule has 3 amide bonds. The molecule has 2 atom stereocenters. The van der Waals surface area contributed by atoms with Crippen molar-refractivity contribution in [3.8, 4) is 5.75 Å². The van der Waals surface area contributed by atoms with Crippen LogP contribution in [0.3, 0.4) is 0 Å². The molecule has 5 rings (SSSR count). The summed E-state index contributed by atoms with van der Waals surface area (Å²) in [6.07, 6.45) is 1.79. The third kappa shape index (κ3) is 7.15. The highest BCUT2D eigenvalue weighted by Gasteiger charge is 2.42. The molecule has 0 radical (unpaired) electrons. The SMILES string of the molecule is CC(C)N(C(=O)c1nc2ccccn2c1COc1ccccc1)[C@H]1C[C@@H](C(=O)N2CCOCC2)CN(C(=O)OC(C)(C)C)C1. The number of para-hydroxylation sites is 1. The molecule has 0 unspecified atom stereocenters. The highest BCUT2D eigenvalue weighted by Crippen LogP contribution is 2.29. The number of morpholine rings is 1. The Morgan fingerprint density at radius 2 is 1.70 bits per heavy atom. The van der Waals surface area contributed by atoms with Crippen LogP contribution in [-0.4, -0.2) is 99.1 Å². The number of nitrogens with zero attached hydrogens (tertiary/aromatic N) is 5. The zero-order valence-electron chi connectivity index (χ0n) is 26.3. The van der Waals surface area contributed by atoms with Crippen LogP contribution in [0.15, 0.2) is 54.7 Å². The molecule has 2 saturated heterocycles. The fourth-order valence-electron chi connectivity index (χ4n) is 5.94. The van der Waals surface area contributed by atoms with Crippen molar-refractivity contribution in [2.75, 3.05) is 39.4 Å². The Bertz CT molecular complexity index is 1460. The molecule has 2 aliphatic heterocycles. The fraction of sp³-hybridized carbons (Fsp3) is 0.515. The van der Waals surface area contributed by atoms with Crippen LogP contribution in [0.5, 0.6) is 5.75 Å². The summed E-state index contributed by atoms with van der Waals surface area (Å²) in [5.41, 5.74) is 0.837. The zero-order valence-corrected chi connectivity index (χ0v) is 26.3. The van der Waals surface area contributed by atoms with Crippen LogP contribution in [0.1, 0.15) is 57.2 Å². The molecule has 0 aliphatic carbocycles. The predicted molar refractivity (Wildman–Crippen MR) is 164 cm³/mol. The van der Waals surface area contributed by atoms with Crippen LogP contribution < -0.4 is 4.74 Å². The number of rotatable bonds is 7. The van der Waals surface area contributed by atoms with Gasteiger partial charge in [0.25, 0.3) is 5.91 Å². The molecule has 0 saturated carbocycles. The van der Waals surface area contributed by atoms with Gasteiger partial charge < -0.3 is 28.9 Å². The Hall–Kier alpha value is -4.12. The van der Waals surface area contributed by atoms with Crippen molar-refractivity contribution in [2.24, 2.45) is 5.92 Å². The van der Waals surface area contributed by atoms with Gasteiger partial charge in [0.05, 0.1) is 30.9 Å². The normalized spacial score (nSPS) is 19.2. The Morgan fingerprint density at radius 1 is 1.00 bits per heavy atom. The number of imidazole rings is 1. The number of carbonyl (C=O) groups is 3. The monoisotopic (exact) mass is 605 g/mol. The first-order valence-electron chi connectivity index (χ1n) is 15.3. The second-order valence-electron chi connectivity index (χ2n) is 12.7.